The Bertz CT molecular complexity index is 463. The van der Waals surface area contributed by atoms with Crippen molar-refractivity contribution in [3.63, 3.8) is 0 Å². The van der Waals surface area contributed by atoms with Crippen LogP contribution in [0.3, 0.4) is 0 Å². The van der Waals surface area contributed by atoms with Crippen LogP contribution >= 0.6 is 43.2 Å². The molecule has 0 aliphatic carbocycles. The van der Waals surface area contributed by atoms with Crippen molar-refractivity contribution in [1.82, 2.24) is 9.80 Å². The fraction of sp³-hybridized carbons (Fsp3) is 0.615. The number of carbonyl (C=O) groups is 1. The first-order valence-electron chi connectivity index (χ1n) is 6.38. The molecule has 0 N–H and O–H groups in total. The summed E-state index contributed by atoms with van der Waals surface area (Å²) in [5.74, 6) is 0.199. The smallest absolute Gasteiger partial charge is 0.178 e. The van der Waals surface area contributed by atoms with E-state index in [1.165, 1.54) is 0 Å². The zero-order chi connectivity index (χ0) is 14.0. The number of likely N-dealkylation sites (N-methyl/N-ethyl adjacent to an activating group) is 1. The Morgan fingerprint density at radius 1 is 1.47 bits per heavy atom. The van der Waals surface area contributed by atoms with Gasteiger partial charge < -0.3 is 4.90 Å². The molecule has 1 saturated heterocycles. The largest absolute Gasteiger partial charge is 0.305 e. The Morgan fingerprint density at radius 2 is 2.21 bits per heavy atom. The van der Waals surface area contributed by atoms with Gasteiger partial charge in [0.15, 0.2) is 5.78 Å². The molecule has 0 amide bonds. The maximum absolute atomic E-state index is 12.4. The van der Waals surface area contributed by atoms with Crippen molar-refractivity contribution in [3.8, 4) is 0 Å². The van der Waals surface area contributed by atoms with Gasteiger partial charge in [0.05, 0.1) is 14.1 Å². The van der Waals surface area contributed by atoms with E-state index < -0.39 is 0 Å². The number of thiophene rings is 1. The third-order valence-electron chi connectivity index (χ3n) is 3.49. The van der Waals surface area contributed by atoms with E-state index in [1.807, 2.05) is 6.07 Å². The van der Waals surface area contributed by atoms with Gasteiger partial charge in [-0.05, 0) is 64.9 Å². The summed E-state index contributed by atoms with van der Waals surface area (Å²) in [6, 6.07) is 2.34. The van der Waals surface area contributed by atoms with Crippen molar-refractivity contribution >= 4 is 49.0 Å². The molecule has 3 nitrogen and oxygen atoms in total. The lowest BCUT2D eigenvalue weighted by Gasteiger charge is -2.27. The molecule has 0 bridgehead atoms. The third-order valence-corrected chi connectivity index (χ3v) is 5.83. The van der Waals surface area contributed by atoms with Crippen LogP contribution in [0.4, 0.5) is 0 Å². The SMILES string of the molecule is CC1CN(C)CCCN1CC(=O)c1cc(Br)sc1Br. The lowest BCUT2D eigenvalue weighted by Crippen LogP contribution is -2.40. The van der Waals surface area contributed by atoms with Gasteiger partial charge in [0.1, 0.15) is 0 Å². The number of ketones is 1. The summed E-state index contributed by atoms with van der Waals surface area (Å²) in [5, 5.41) is 0. The van der Waals surface area contributed by atoms with Crippen molar-refractivity contribution in [2.45, 2.75) is 19.4 Å². The summed E-state index contributed by atoms with van der Waals surface area (Å²) in [6.07, 6.45) is 1.13. The predicted molar refractivity (Wildman–Crippen MR) is 87.2 cm³/mol. The second kappa shape index (κ2) is 6.80. The molecule has 0 aromatic carbocycles. The van der Waals surface area contributed by atoms with Gasteiger partial charge in [-0.2, -0.15) is 0 Å². The molecule has 106 valence electrons. The Kier molecular flexibility index (Phi) is 5.60. The van der Waals surface area contributed by atoms with Gasteiger partial charge in [0.25, 0.3) is 0 Å². The molecule has 1 aliphatic heterocycles. The zero-order valence-electron chi connectivity index (χ0n) is 11.2. The van der Waals surface area contributed by atoms with Gasteiger partial charge in [-0.15, -0.1) is 11.3 Å². The number of halogens is 2. The summed E-state index contributed by atoms with van der Waals surface area (Å²) in [4.78, 5) is 17.0. The molecule has 19 heavy (non-hydrogen) atoms. The van der Waals surface area contributed by atoms with E-state index in [9.17, 15) is 4.79 Å². The van der Waals surface area contributed by atoms with Crippen LogP contribution in [-0.4, -0.2) is 54.9 Å². The van der Waals surface area contributed by atoms with Gasteiger partial charge in [0.2, 0.25) is 0 Å². The van der Waals surface area contributed by atoms with Crippen LogP contribution in [0.25, 0.3) is 0 Å². The first-order chi connectivity index (χ1) is 8.97. The Labute approximate surface area is 135 Å². The van der Waals surface area contributed by atoms with E-state index >= 15 is 0 Å². The molecule has 1 aromatic heterocycles. The fourth-order valence-corrected chi connectivity index (χ4v) is 5.31. The minimum Gasteiger partial charge on any atom is -0.305 e. The average Bonchev–Trinajstić information content (AvgIpc) is 2.58. The van der Waals surface area contributed by atoms with Crippen molar-refractivity contribution in [3.05, 3.63) is 19.2 Å². The number of nitrogens with zero attached hydrogens (tertiary/aromatic N) is 2. The van der Waals surface area contributed by atoms with Gasteiger partial charge in [-0.3, -0.25) is 9.69 Å². The normalized spacial score (nSPS) is 22.4. The molecule has 2 rings (SSSR count). The molecule has 1 aliphatic rings. The van der Waals surface area contributed by atoms with Crippen LogP contribution in [0.5, 0.6) is 0 Å². The first kappa shape index (κ1) is 15.6. The second-order valence-electron chi connectivity index (χ2n) is 5.10. The van der Waals surface area contributed by atoms with Crippen molar-refractivity contribution in [2.75, 3.05) is 33.2 Å². The first-order valence-corrected chi connectivity index (χ1v) is 8.78. The molecule has 1 unspecified atom stereocenters. The minimum absolute atomic E-state index is 0.199. The van der Waals surface area contributed by atoms with Crippen molar-refractivity contribution in [2.24, 2.45) is 0 Å². The third kappa shape index (κ3) is 4.11. The summed E-state index contributed by atoms with van der Waals surface area (Å²) in [5.41, 5.74) is 0.793. The van der Waals surface area contributed by atoms with Crippen LogP contribution in [0, 0.1) is 0 Å². The molecular weight excluding hydrogens is 392 g/mol. The molecular formula is C13H18Br2N2OS. The van der Waals surface area contributed by atoms with E-state index in [1.54, 1.807) is 11.3 Å². The lowest BCUT2D eigenvalue weighted by atomic mass is 10.2. The molecule has 0 saturated carbocycles. The van der Waals surface area contributed by atoms with Gasteiger partial charge in [-0.1, -0.05) is 0 Å². The van der Waals surface area contributed by atoms with Gasteiger partial charge in [0, 0.05) is 24.7 Å². The summed E-state index contributed by atoms with van der Waals surface area (Å²) in [6.45, 7) is 5.86. The van der Waals surface area contributed by atoms with Crippen LogP contribution in [-0.2, 0) is 0 Å². The van der Waals surface area contributed by atoms with Crippen molar-refractivity contribution in [1.29, 1.82) is 0 Å². The highest BCUT2D eigenvalue weighted by atomic mass is 79.9. The van der Waals surface area contributed by atoms with E-state index in [2.05, 4.69) is 55.6 Å². The van der Waals surface area contributed by atoms with Crippen molar-refractivity contribution < 1.29 is 4.79 Å². The second-order valence-corrected chi connectivity index (χ2v) is 8.85. The number of carbonyl (C=O) groups excluding carboxylic acids is 1. The fourth-order valence-electron chi connectivity index (χ4n) is 2.46. The highest BCUT2D eigenvalue weighted by molar-refractivity contribution is 9.12. The molecule has 2 heterocycles. The van der Waals surface area contributed by atoms with Crippen LogP contribution in [0.15, 0.2) is 13.6 Å². The Hall–Kier alpha value is 0.250. The van der Waals surface area contributed by atoms with Crippen LogP contribution < -0.4 is 0 Å². The molecule has 6 heteroatoms. The zero-order valence-corrected chi connectivity index (χ0v) is 15.1. The predicted octanol–water partition coefficient (Wildman–Crippen LogP) is 3.48. The topological polar surface area (TPSA) is 23.6 Å². The number of hydrogen-bond donors (Lipinski definition) is 0. The average molecular weight is 410 g/mol. The monoisotopic (exact) mass is 408 g/mol. The minimum atomic E-state index is 0.199. The Morgan fingerprint density at radius 3 is 2.84 bits per heavy atom. The standard InChI is InChI=1S/C13H18Br2N2OS/c1-9-7-16(2)4-3-5-17(9)8-11(18)10-6-12(14)19-13(10)15/h6,9H,3-5,7-8H2,1-2H3. The molecule has 1 fully saturated rings. The maximum atomic E-state index is 12.4. The maximum Gasteiger partial charge on any atom is 0.178 e. The summed E-state index contributed by atoms with van der Waals surface area (Å²) in [7, 11) is 2.15. The van der Waals surface area contributed by atoms with Gasteiger partial charge >= 0.3 is 0 Å². The summed E-state index contributed by atoms with van der Waals surface area (Å²) < 4.78 is 1.91. The molecule has 1 aromatic rings. The Balaban J connectivity index is 2.03. The van der Waals surface area contributed by atoms with E-state index in [0.29, 0.717) is 12.6 Å². The van der Waals surface area contributed by atoms with Crippen LogP contribution in [0.2, 0.25) is 0 Å². The highest BCUT2D eigenvalue weighted by Gasteiger charge is 2.23. The molecule has 0 spiro atoms. The number of Topliss-reactive ketones (excluding diaryl/α,β-unsaturated/α-hetero) is 1. The van der Waals surface area contributed by atoms with E-state index in [4.69, 9.17) is 0 Å². The summed E-state index contributed by atoms with van der Waals surface area (Å²) >= 11 is 8.44. The number of rotatable bonds is 3. The molecule has 1 atom stereocenters. The molecule has 0 radical (unpaired) electrons. The van der Waals surface area contributed by atoms with E-state index in [-0.39, 0.29) is 5.78 Å². The quantitative estimate of drug-likeness (QED) is 0.714. The van der Waals surface area contributed by atoms with Crippen LogP contribution in [0.1, 0.15) is 23.7 Å². The van der Waals surface area contributed by atoms with Gasteiger partial charge in [-0.25, -0.2) is 0 Å². The highest BCUT2D eigenvalue weighted by Crippen LogP contribution is 2.32. The lowest BCUT2D eigenvalue weighted by molar-refractivity contribution is 0.0900. The number of hydrogen-bond acceptors (Lipinski definition) is 4. The van der Waals surface area contributed by atoms with E-state index in [0.717, 1.165) is 39.2 Å².